The molecule has 0 heterocycles. The van der Waals surface area contributed by atoms with Gasteiger partial charge in [-0.2, -0.15) is 13.2 Å². The fourth-order valence-electron chi connectivity index (χ4n) is 1.60. The number of benzene rings is 1. The molecule has 1 rings (SSSR count). The third-order valence-corrected chi connectivity index (χ3v) is 2.47. The Morgan fingerprint density at radius 2 is 2.06 bits per heavy atom. The van der Waals surface area contributed by atoms with Crippen molar-refractivity contribution in [1.82, 2.24) is 0 Å². The lowest BCUT2D eigenvalue weighted by atomic mass is 10.0. The van der Waals surface area contributed by atoms with Gasteiger partial charge in [0.2, 0.25) is 0 Å². The van der Waals surface area contributed by atoms with Gasteiger partial charge in [-0.1, -0.05) is 0 Å². The van der Waals surface area contributed by atoms with E-state index >= 15 is 0 Å². The molecule has 0 aromatic heterocycles. The molecule has 0 spiro atoms. The average Bonchev–Trinajstić information content (AvgIpc) is 2.28. The zero-order valence-electron chi connectivity index (χ0n) is 9.47. The Hall–Kier alpha value is -1.52. The number of halogens is 3. The van der Waals surface area contributed by atoms with Gasteiger partial charge in [-0.05, 0) is 36.6 Å². The lowest BCUT2D eigenvalue weighted by molar-refractivity contribution is -0.137. The number of alkyl halides is 3. The second kappa shape index (κ2) is 5.70. The summed E-state index contributed by atoms with van der Waals surface area (Å²) in [5, 5.41) is 2.85. The lowest BCUT2D eigenvalue weighted by Crippen LogP contribution is -2.07. The van der Waals surface area contributed by atoms with E-state index in [0.717, 1.165) is 18.4 Å². The minimum absolute atomic E-state index is 0.361. The van der Waals surface area contributed by atoms with Gasteiger partial charge in [-0.3, -0.25) is 0 Å². The van der Waals surface area contributed by atoms with Crippen LogP contribution in [0, 0.1) is 0 Å². The van der Waals surface area contributed by atoms with Crippen molar-refractivity contribution in [2.45, 2.75) is 25.4 Å². The number of hydrogen-bond acceptors (Lipinski definition) is 2. The maximum atomic E-state index is 12.5. The maximum Gasteiger partial charge on any atom is 0.416 e. The predicted molar refractivity (Wildman–Crippen MR) is 60.0 cm³/mol. The number of unbranched alkanes of at least 4 members (excludes halogenated alkanes) is 1. The van der Waals surface area contributed by atoms with Crippen molar-refractivity contribution in [2.24, 2.45) is 0 Å². The van der Waals surface area contributed by atoms with Crippen molar-refractivity contribution >= 4 is 12.0 Å². The first-order valence-corrected chi connectivity index (χ1v) is 5.30. The molecule has 0 unspecified atom stereocenters. The smallest absolute Gasteiger partial charge is 0.388 e. The molecule has 1 N–H and O–H groups in total. The topological polar surface area (TPSA) is 29.1 Å². The van der Waals surface area contributed by atoms with Crippen LogP contribution in [0.15, 0.2) is 18.2 Å². The van der Waals surface area contributed by atoms with E-state index in [-0.39, 0.29) is 0 Å². The highest BCUT2D eigenvalue weighted by molar-refractivity contribution is 5.53. The van der Waals surface area contributed by atoms with Gasteiger partial charge in [0, 0.05) is 19.2 Å². The zero-order chi connectivity index (χ0) is 12.9. The van der Waals surface area contributed by atoms with Gasteiger partial charge in [0.15, 0.2) is 0 Å². The van der Waals surface area contributed by atoms with Gasteiger partial charge in [0.05, 0.1) is 5.56 Å². The average molecular weight is 245 g/mol. The molecule has 0 bridgehead atoms. The molecular formula is C12H14F3NO. The highest BCUT2D eigenvalue weighted by Gasteiger charge is 2.30. The molecule has 0 radical (unpaired) electrons. The molecule has 0 aliphatic carbocycles. The second-order valence-electron chi connectivity index (χ2n) is 3.68. The van der Waals surface area contributed by atoms with Crippen molar-refractivity contribution in [3.63, 3.8) is 0 Å². The van der Waals surface area contributed by atoms with Crippen LogP contribution in [-0.4, -0.2) is 13.3 Å². The fraction of sp³-hybridized carbons (Fsp3) is 0.417. The monoisotopic (exact) mass is 245 g/mol. The van der Waals surface area contributed by atoms with E-state index in [1.807, 2.05) is 0 Å². The molecule has 17 heavy (non-hydrogen) atoms. The third kappa shape index (κ3) is 3.76. The molecule has 2 nitrogen and oxygen atoms in total. The van der Waals surface area contributed by atoms with Crippen LogP contribution in [0.2, 0.25) is 0 Å². The fourth-order valence-corrected chi connectivity index (χ4v) is 1.60. The Morgan fingerprint density at radius 3 is 2.59 bits per heavy atom. The largest absolute Gasteiger partial charge is 0.416 e. The highest BCUT2D eigenvalue weighted by atomic mass is 19.4. The molecule has 0 aliphatic rings. The van der Waals surface area contributed by atoms with Crippen molar-refractivity contribution in [3.05, 3.63) is 29.3 Å². The van der Waals surface area contributed by atoms with Crippen LogP contribution in [0.4, 0.5) is 18.9 Å². The van der Waals surface area contributed by atoms with Gasteiger partial charge in [0.25, 0.3) is 0 Å². The van der Waals surface area contributed by atoms with Gasteiger partial charge in [-0.15, -0.1) is 0 Å². The second-order valence-corrected chi connectivity index (χ2v) is 3.68. The predicted octanol–water partition coefficient (Wildman–Crippen LogP) is 3.27. The quantitative estimate of drug-likeness (QED) is 0.637. The van der Waals surface area contributed by atoms with Crippen LogP contribution in [0.1, 0.15) is 24.0 Å². The maximum absolute atomic E-state index is 12.5. The molecule has 0 saturated carbocycles. The van der Waals surface area contributed by atoms with Crippen molar-refractivity contribution in [2.75, 3.05) is 12.4 Å². The molecule has 0 saturated heterocycles. The number of nitrogens with one attached hydrogen (secondary N) is 1. The number of rotatable bonds is 5. The summed E-state index contributed by atoms with van der Waals surface area (Å²) in [7, 11) is 1.66. The summed E-state index contributed by atoms with van der Waals surface area (Å²) in [4.78, 5) is 10.2. The van der Waals surface area contributed by atoms with Crippen molar-refractivity contribution in [1.29, 1.82) is 0 Å². The van der Waals surface area contributed by atoms with Crippen LogP contribution in [-0.2, 0) is 17.4 Å². The van der Waals surface area contributed by atoms with Crippen molar-refractivity contribution < 1.29 is 18.0 Å². The van der Waals surface area contributed by atoms with E-state index < -0.39 is 11.7 Å². The van der Waals surface area contributed by atoms with Crippen LogP contribution in [0.5, 0.6) is 0 Å². The van der Waals surface area contributed by atoms with E-state index in [0.29, 0.717) is 30.5 Å². The Balaban J connectivity index is 2.94. The molecule has 0 aliphatic heterocycles. The summed E-state index contributed by atoms with van der Waals surface area (Å²) in [6.45, 7) is 0. The summed E-state index contributed by atoms with van der Waals surface area (Å²) in [6.07, 6.45) is -2.18. The van der Waals surface area contributed by atoms with Crippen LogP contribution >= 0.6 is 0 Å². The number of carbonyl (C=O) groups is 1. The summed E-state index contributed by atoms with van der Waals surface area (Å²) < 4.78 is 37.5. The first-order chi connectivity index (χ1) is 7.99. The number of carbonyl (C=O) groups excluding carboxylic acids is 1. The first-order valence-electron chi connectivity index (χ1n) is 5.30. The molecule has 1 aromatic rings. The van der Waals surface area contributed by atoms with Gasteiger partial charge >= 0.3 is 6.18 Å². The molecular weight excluding hydrogens is 231 g/mol. The van der Waals surface area contributed by atoms with Gasteiger partial charge in [-0.25, -0.2) is 0 Å². The first kappa shape index (κ1) is 13.5. The van der Waals surface area contributed by atoms with E-state index in [2.05, 4.69) is 5.32 Å². The normalized spacial score (nSPS) is 11.3. The summed E-state index contributed by atoms with van der Waals surface area (Å²) in [6, 6.07) is 3.60. The third-order valence-electron chi connectivity index (χ3n) is 2.47. The lowest BCUT2D eigenvalue weighted by Gasteiger charge is -2.13. The van der Waals surface area contributed by atoms with E-state index in [9.17, 15) is 18.0 Å². The van der Waals surface area contributed by atoms with E-state index in [4.69, 9.17) is 0 Å². The summed E-state index contributed by atoms with van der Waals surface area (Å²) >= 11 is 0. The molecule has 0 fully saturated rings. The number of hydrogen-bond donors (Lipinski definition) is 1. The standard InChI is InChI=1S/C12H14F3NO/c1-16-11-6-5-10(12(13,14)15)8-9(11)4-2-3-7-17/h5-8,16H,2-4H2,1H3. The summed E-state index contributed by atoms with van der Waals surface area (Å²) in [5.74, 6) is 0. The number of anilines is 1. The molecule has 94 valence electrons. The minimum Gasteiger partial charge on any atom is -0.388 e. The molecule has 0 amide bonds. The van der Waals surface area contributed by atoms with E-state index in [1.54, 1.807) is 7.05 Å². The highest BCUT2D eigenvalue weighted by Crippen LogP contribution is 2.32. The Kier molecular flexibility index (Phi) is 4.54. The van der Waals surface area contributed by atoms with Crippen molar-refractivity contribution in [3.8, 4) is 0 Å². The van der Waals surface area contributed by atoms with Crippen LogP contribution in [0.25, 0.3) is 0 Å². The number of aryl methyl sites for hydroxylation is 1. The Labute approximate surface area is 97.8 Å². The Morgan fingerprint density at radius 1 is 1.35 bits per heavy atom. The molecule has 5 heteroatoms. The summed E-state index contributed by atoms with van der Waals surface area (Å²) in [5.41, 5.74) is 0.602. The molecule has 1 aromatic carbocycles. The van der Waals surface area contributed by atoms with Crippen LogP contribution in [0.3, 0.4) is 0 Å². The molecule has 0 atom stereocenters. The number of aldehydes is 1. The Bertz CT molecular complexity index is 388. The van der Waals surface area contributed by atoms with E-state index in [1.165, 1.54) is 6.07 Å². The zero-order valence-corrected chi connectivity index (χ0v) is 9.47. The minimum atomic E-state index is -4.33. The van der Waals surface area contributed by atoms with Gasteiger partial charge in [0.1, 0.15) is 6.29 Å². The van der Waals surface area contributed by atoms with Gasteiger partial charge < -0.3 is 10.1 Å². The van der Waals surface area contributed by atoms with Crippen LogP contribution < -0.4 is 5.32 Å². The SMILES string of the molecule is CNc1ccc(C(F)(F)F)cc1CCCC=O.